The summed E-state index contributed by atoms with van der Waals surface area (Å²) in [7, 11) is 1.94. The maximum atomic E-state index is 5.49. The minimum absolute atomic E-state index is 0.646. The normalized spacial score (nSPS) is 14.1. The Morgan fingerprint density at radius 1 is 1.29 bits per heavy atom. The Morgan fingerprint density at radius 2 is 2.07 bits per heavy atom. The van der Waals surface area contributed by atoms with Gasteiger partial charge in [-0.15, -0.1) is 11.8 Å². The van der Waals surface area contributed by atoms with Crippen molar-refractivity contribution in [1.82, 2.24) is 5.32 Å². The zero-order chi connectivity index (χ0) is 9.80. The van der Waals surface area contributed by atoms with Crippen molar-refractivity contribution in [3.8, 4) is 11.5 Å². The second-order valence-electron chi connectivity index (χ2n) is 2.95. The van der Waals surface area contributed by atoms with E-state index in [-0.39, 0.29) is 0 Å². The molecule has 0 radical (unpaired) electrons. The fraction of sp³-hybridized carbons (Fsp3) is 0.400. The van der Waals surface area contributed by atoms with Gasteiger partial charge in [0.05, 0.1) is 0 Å². The first-order valence-electron chi connectivity index (χ1n) is 4.57. The summed E-state index contributed by atoms with van der Waals surface area (Å²) in [6.45, 7) is 1.29. The van der Waals surface area contributed by atoms with Crippen molar-refractivity contribution >= 4 is 11.8 Å². The first-order chi connectivity index (χ1) is 6.90. The Balaban J connectivity index is 2.12. The maximum Gasteiger partial charge on any atom is 0.162 e. The molecular formula is C10H13NO2S. The van der Waals surface area contributed by atoms with Crippen molar-refractivity contribution in [3.05, 3.63) is 18.2 Å². The highest BCUT2D eigenvalue weighted by molar-refractivity contribution is 7.99. The number of thioether (sulfide) groups is 1. The zero-order valence-electron chi connectivity index (χ0n) is 8.08. The molecule has 0 amide bonds. The highest BCUT2D eigenvalue weighted by atomic mass is 32.2. The van der Waals surface area contributed by atoms with Crippen LogP contribution in [0.1, 0.15) is 0 Å². The van der Waals surface area contributed by atoms with Gasteiger partial charge in [-0.1, -0.05) is 0 Å². The summed E-state index contributed by atoms with van der Waals surface area (Å²) in [5, 5.41) is 3.09. The Morgan fingerprint density at radius 3 is 2.86 bits per heavy atom. The predicted molar refractivity (Wildman–Crippen MR) is 57.2 cm³/mol. The second-order valence-corrected chi connectivity index (χ2v) is 4.00. The predicted octanol–water partition coefficient (Wildman–Crippen LogP) is 1.73. The van der Waals surface area contributed by atoms with Gasteiger partial charge < -0.3 is 14.8 Å². The molecule has 1 N–H and O–H groups in total. The second kappa shape index (κ2) is 4.57. The molecular weight excluding hydrogens is 198 g/mol. The molecule has 1 aliphatic heterocycles. The summed E-state index contributed by atoms with van der Waals surface area (Å²) in [6, 6.07) is 6.04. The molecule has 0 spiro atoms. The average molecular weight is 211 g/mol. The van der Waals surface area contributed by atoms with Crippen LogP contribution < -0.4 is 14.8 Å². The van der Waals surface area contributed by atoms with Gasteiger partial charge in [-0.05, 0) is 25.2 Å². The van der Waals surface area contributed by atoms with Crippen LogP contribution in [0.5, 0.6) is 11.5 Å². The number of hydrogen-bond donors (Lipinski definition) is 1. The Kier molecular flexibility index (Phi) is 3.16. The van der Waals surface area contributed by atoms with E-state index in [2.05, 4.69) is 11.4 Å². The van der Waals surface area contributed by atoms with Crippen LogP contribution in [0.4, 0.5) is 0 Å². The molecule has 14 heavy (non-hydrogen) atoms. The summed E-state index contributed by atoms with van der Waals surface area (Å²) < 4.78 is 10.9. The summed E-state index contributed by atoms with van der Waals surface area (Å²) in [6.07, 6.45) is 0. The fourth-order valence-electron chi connectivity index (χ4n) is 1.27. The van der Waals surface area contributed by atoms with Gasteiger partial charge in [0.15, 0.2) is 11.5 Å². The molecule has 0 unspecified atom stereocenters. The average Bonchev–Trinajstić information content (AvgIpc) is 2.26. The molecule has 0 saturated carbocycles. The lowest BCUT2D eigenvalue weighted by atomic mass is 10.3. The van der Waals surface area contributed by atoms with Crippen molar-refractivity contribution in [3.63, 3.8) is 0 Å². The maximum absolute atomic E-state index is 5.49. The molecule has 0 saturated heterocycles. The topological polar surface area (TPSA) is 30.5 Å². The molecule has 1 heterocycles. The number of hydrogen-bond acceptors (Lipinski definition) is 4. The van der Waals surface area contributed by atoms with Crippen LogP contribution in [-0.2, 0) is 0 Å². The van der Waals surface area contributed by atoms with Gasteiger partial charge in [-0.25, -0.2) is 0 Å². The SMILES string of the molecule is CNCSc1ccc2c(c1)OCCO2. The summed E-state index contributed by atoms with van der Waals surface area (Å²) in [4.78, 5) is 1.20. The van der Waals surface area contributed by atoms with Crippen molar-refractivity contribution < 1.29 is 9.47 Å². The van der Waals surface area contributed by atoms with Gasteiger partial charge in [-0.2, -0.15) is 0 Å². The van der Waals surface area contributed by atoms with Gasteiger partial charge >= 0.3 is 0 Å². The fourth-order valence-corrected chi connectivity index (χ4v) is 1.93. The monoisotopic (exact) mass is 211 g/mol. The molecule has 1 aliphatic rings. The van der Waals surface area contributed by atoms with Crippen LogP contribution in [0.3, 0.4) is 0 Å². The molecule has 0 fully saturated rings. The van der Waals surface area contributed by atoms with Crippen molar-refractivity contribution in [1.29, 1.82) is 0 Å². The van der Waals surface area contributed by atoms with Crippen LogP contribution in [0.2, 0.25) is 0 Å². The molecule has 1 aromatic carbocycles. The third kappa shape index (κ3) is 2.13. The Hall–Kier alpha value is -0.870. The van der Waals surface area contributed by atoms with E-state index in [1.54, 1.807) is 11.8 Å². The van der Waals surface area contributed by atoms with E-state index in [0.717, 1.165) is 17.4 Å². The molecule has 0 atom stereocenters. The van der Waals surface area contributed by atoms with E-state index in [9.17, 15) is 0 Å². The standard InChI is InChI=1S/C10H13NO2S/c1-11-7-14-8-2-3-9-10(6-8)13-5-4-12-9/h2-3,6,11H,4-5,7H2,1H3. The first kappa shape index (κ1) is 9.68. The van der Waals surface area contributed by atoms with Gasteiger partial charge in [-0.3, -0.25) is 0 Å². The third-order valence-corrected chi connectivity index (χ3v) is 2.92. The molecule has 1 aromatic rings. The number of nitrogens with one attached hydrogen (secondary N) is 1. The summed E-state index contributed by atoms with van der Waals surface area (Å²) in [5.74, 6) is 2.61. The van der Waals surface area contributed by atoms with E-state index in [0.29, 0.717) is 13.2 Å². The number of benzene rings is 1. The van der Waals surface area contributed by atoms with Crippen LogP contribution in [0.15, 0.2) is 23.1 Å². The minimum Gasteiger partial charge on any atom is -0.486 e. The largest absolute Gasteiger partial charge is 0.486 e. The Labute approximate surface area is 87.8 Å². The van der Waals surface area contributed by atoms with Gasteiger partial charge in [0.1, 0.15) is 13.2 Å². The summed E-state index contributed by atoms with van der Waals surface area (Å²) in [5.41, 5.74) is 0. The molecule has 76 valence electrons. The number of ether oxygens (including phenoxy) is 2. The van der Waals surface area contributed by atoms with E-state index in [1.807, 2.05) is 19.2 Å². The molecule has 0 aliphatic carbocycles. The lowest BCUT2D eigenvalue weighted by Crippen LogP contribution is -2.15. The molecule has 2 rings (SSSR count). The quantitative estimate of drug-likeness (QED) is 0.609. The van der Waals surface area contributed by atoms with Gasteiger partial charge in [0.25, 0.3) is 0 Å². The van der Waals surface area contributed by atoms with E-state index in [1.165, 1.54) is 4.90 Å². The number of rotatable bonds is 3. The molecule has 0 aromatic heterocycles. The van der Waals surface area contributed by atoms with Gasteiger partial charge in [0.2, 0.25) is 0 Å². The molecule has 0 bridgehead atoms. The van der Waals surface area contributed by atoms with E-state index in [4.69, 9.17) is 9.47 Å². The highest BCUT2D eigenvalue weighted by Crippen LogP contribution is 2.33. The molecule has 3 nitrogen and oxygen atoms in total. The van der Waals surface area contributed by atoms with E-state index < -0.39 is 0 Å². The highest BCUT2D eigenvalue weighted by Gasteiger charge is 2.11. The first-order valence-corrected chi connectivity index (χ1v) is 5.56. The summed E-state index contributed by atoms with van der Waals surface area (Å²) >= 11 is 1.75. The Bertz CT molecular complexity index is 317. The minimum atomic E-state index is 0.646. The van der Waals surface area contributed by atoms with Gasteiger partial charge in [0, 0.05) is 10.8 Å². The van der Waals surface area contributed by atoms with Crippen molar-refractivity contribution in [2.24, 2.45) is 0 Å². The lowest BCUT2D eigenvalue weighted by Gasteiger charge is -2.18. The third-order valence-electron chi connectivity index (χ3n) is 1.90. The lowest BCUT2D eigenvalue weighted by molar-refractivity contribution is 0.171. The van der Waals surface area contributed by atoms with Crippen molar-refractivity contribution in [2.75, 3.05) is 26.1 Å². The van der Waals surface area contributed by atoms with Crippen LogP contribution in [0.25, 0.3) is 0 Å². The van der Waals surface area contributed by atoms with Crippen LogP contribution >= 0.6 is 11.8 Å². The van der Waals surface area contributed by atoms with Crippen LogP contribution in [0, 0.1) is 0 Å². The molecule has 4 heteroatoms. The van der Waals surface area contributed by atoms with E-state index >= 15 is 0 Å². The number of fused-ring (bicyclic) bond motifs is 1. The zero-order valence-corrected chi connectivity index (χ0v) is 8.89. The van der Waals surface area contributed by atoms with Crippen LogP contribution in [-0.4, -0.2) is 26.1 Å². The van der Waals surface area contributed by atoms with Crippen molar-refractivity contribution in [2.45, 2.75) is 4.90 Å². The smallest absolute Gasteiger partial charge is 0.162 e.